The van der Waals surface area contributed by atoms with Crippen molar-refractivity contribution in [3.63, 3.8) is 0 Å². The Bertz CT molecular complexity index is 754. The summed E-state index contributed by atoms with van der Waals surface area (Å²) in [5, 5.41) is 8.83. The number of hydrogen-bond donors (Lipinski definition) is 1. The summed E-state index contributed by atoms with van der Waals surface area (Å²) in [7, 11) is 0. The van der Waals surface area contributed by atoms with Crippen LogP contribution in [-0.4, -0.2) is 4.98 Å². The minimum Gasteiger partial charge on any atom is -0.345 e. The van der Waals surface area contributed by atoms with Gasteiger partial charge in [-0.15, -0.1) is 0 Å². The molecule has 0 bridgehead atoms. The first kappa shape index (κ1) is 14.3. The number of alkyl halides is 3. The second-order valence-electron chi connectivity index (χ2n) is 4.28. The van der Waals surface area contributed by atoms with Gasteiger partial charge in [0, 0.05) is 5.69 Å². The van der Waals surface area contributed by atoms with Crippen LogP contribution >= 0.6 is 12.2 Å². The van der Waals surface area contributed by atoms with Crippen molar-refractivity contribution in [1.82, 2.24) is 4.98 Å². The van der Waals surface area contributed by atoms with Crippen molar-refractivity contribution in [1.29, 1.82) is 5.26 Å². The second-order valence-corrected chi connectivity index (χ2v) is 4.69. The quantitative estimate of drug-likeness (QED) is 0.780. The van der Waals surface area contributed by atoms with E-state index >= 15 is 0 Å². The van der Waals surface area contributed by atoms with E-state index < -0.39 is 17.3 Å². The molecule has 0 atom stereocenters. The van der Waals surface area contributed by atoms with Gasteiger partial charge in [0.2, 0.25) is 0 Å². The predicted octanol–water partition coefficient (Wildman–Crippen LogP) is 4.61. The monoisotopic (exact) mass is 294 g/mol. The van der Waals surface area contributed by atoms with Crippen LogP contribution in [0.4, 0.5) is 13.2 Å². The zero-order valence-electron chi connectivity index (χ0n) is 10.4. The standard InChI is InChI=1S/C14H9F3N2S/c1-8-3-2-4-9(5-8)12-6-11(14(15,16)17)10(7-18)13(20)19-12/h2-6H,1H3,(H,19,20). The van der Waals surface area contributed by atoms with Crippen molar-refractivity contribution < 1.29 is 13.2 Å². The van der Waals surface area contributed by atoms with Crippen molar-refractivity contribution in [3.05, 3.63) is 51.7 Å². The van der Waals surface area contributed by atoms with Crippen LogP contribution in [0, 0.1) is 22.9 Å². The number of nitriles is 1. The van der Waals surface area contributed by atoms with Crippen LogP contribution in [0.25, 0.3) is 11.3 Å². The molecule has 6 heteroatoms. The lowest BCUT2D eigenvalue weighted by atomic mass is 10.0. The summed E-state index contributed by atoms with van der Waals surface area (Å²) in [6.07, 6.45) is -4.62. The highest BCUT2D eigenvalue weighted by atomic mass is 32.1. The van der Waals surface area contributed by atoms with Crippen LogP contribution in [0.2, 0.25) is 0 Å². The van der Waals surface area contributed by atoms with E-state index in [0.29, 0.717) is 5.56 Å². The van der Waals surface area contributed by atoms with E-state index in [0.717, 1.165) is 11.6 Å². The summed E-state index contributed by atoms with van der Waals surface area (Å²) in [5.74, 6) is 0. The number of pyridine rings is 1. The van der Waals surface area contributed by atoms with E-state index in [-0.39, 0.29) is 10.3 Å². The predicted molar refractivity (Wildman–Crippen MR) is 71.5 cm³/mol. The van der Waals surface area contributed by atoms with Gasteiger partial charge >= 0.3 is 6.18 Å². The van der Waals surface area contributed by atoms with Gasteiger partial charge in [-0.1, -0.05) is 36.0 Å². The van der Waals surface area contributed by atoms with Crippen LogP contribution < -0.4 is 0 Å². The Morgan fingerprint density at radius 2 is 1.95 bits per heavy atom. The average molecular weight is 294 g/mol. The van der Waals surface area contributed by atoms with E-state index in [1.54, 1.807) is 18.2 Å². The van der Waals surface area contributed by atoms with Gasteiger partial charge in [-0.05, 0) is 24.6 Å². The first-order valence-electron chi connectivity index (χ1n) is 5.64. The molecule has 0 saturated heterocycles. The SMILES string of the molecule is Cc1cccc(-c2cc(C(F)(F)F)c(C#N)c(=S)[nH]2)c1. The molecule has 102 valence electrons. The Morgan fingerprint density at radius 3 is 2.50 bits per heavy atom. The third-order valence-corrected chi connectivity index (χ3v) is 3.09. The highest BCUT2D eigenvalue weighted by Gasteiger charge is 2.34. The number of aryl methyl sites for hydroxylation is 1. The third-order valence-electron chi connectivity index (χ3n) is 2.78. The number of nitrogens with one attached hydrogen (secondary N) is 1. The number of halogens is 3. The van der Waals surface area contributed by atoms with Gasteiger partial charge in [0.15, 0.2) is 0 Å². The van der Waals surface area contributed by atoms with Crippen molar-refractivity contribution in [2.75, 3.05) is 0 Å². The van der Waals surface area contributed by atoms with Gasteiger partial charge in [-0.3, -0.25) is 0 Å². The zero-order valence-corrected chi connectivity index (χ0v) is 11.2. The molecule has 0 fully saturated rings. The minimum absolute atomic E-state index is 0.209. The van der Waals surface area contributed by atoms with Gasteiger partial charge in [0.1, 0.15) is 10.7 Å². The van der Waals surface area contributed by atoms with Gasteiger partial charge in [-0.25, -0.2) is 0 Å². The van der Waals surface area contributed by atoms with Gasteiger partial charge < -0.3 is 4.98 Å². The number of rotatable bonds is 1. The smallest absolute Gasteiger partial charge is 0.345 e. The number of aromatic amines is 1. The van der Waals surface area contributed by atoms with Crippen LogP contribution in [0.15, 0.2) is 30.3 Å². The number of hydrogen-bond acceptors (Lipinski definition) is 2. The van der Waals surface area contributed by atoms with E-state index in [1.807, 2.05) is 13.0 Å². The molecule has 0 spiro atoms. The molecule has 0 amide bonds. The maximum absolute atomic E-state index is 13.0. The fraction of sp³-hybridized carbons (Fsp3) is 0.143. The molecule has 1 aromatic heterocycles. The second kappa shape index (κ2) is 5.10. The number of aromatic nitrogens is 1. The summed E-state index contributed by atoms with van der Waals surface area (Å²) < 4.78 is 38.7. The van der Waals surface area contributed by atoms with E-state index in [9.17, 15) is 13.2 Å². The van der Waals surface area contributed by atoms with Crippen LogP contribution in [-0.2, 0) is 6.18 Å². The number of H-pyrrole nitrogens is 1. The lowest BCUT2D eigenvalue weighted by molar-refractivity contribution is -0.137. The molecule has 1 heterocycles. The van der Waals surface area contributed by atoms with E-state index in [2.05, 4.69) is 4.98 Å². The van der Waals surface area contributed by atoms with Crippen molar-refractivity contribution >= 4 is 12.2 Å². The van der Waals surface area contributed by atoms with E-state index in [4.69, 9.17) is 17.5 Å². The average Bonchev–Trinajstić information content (AvgIpc) is 2.36. The summed E-state index contributed by atoms with van der Waals surface area (Å²) >= 11 is 4.85. The first-order chi connectivity index (χ1) is 9.32. The van der Waals surface area contributed by atoms with Gasteiger partial charge in [-0.2, -0.15) is 18.4 Å². The minimum atomic E-state index is -4.62. The van der Waals surface area contributed by atoms with E-state index in [1.165, 1.54) is 6.07 Å². The normalized spacial score (nSPS) is 11.2. The molecular formula is C14H9F3N2S. The fourth-order valence-corrected chi connectivity index (χ4v) is 2.13. The van der Waals surface area contributed by atoms with Crippen LogP contribution in [0.3, 0.4) is 0 Å². The topological polar surface area (TPSA) is 39.6 Å². The lowest BCUT2D eigenvalue weighted by Crippen LogP contribution is -2.09. The molecule has 20 heavy (non-hydrogen) atoms. The molecule has 2 rings (SSSR count). The van der Waals surface area contributed by atoms with Gasteiger partial charge in [0.25, 0.3) is 0 Å². The highest BCUT2D eigenvalue weighted by molar-refractivity contribution is 7.71. The summed E-state index contributed by atoms with van der Waals surface area (Å²) in [5.41, 5.74) is 0.181. The highest BCUT2D eigenvalue weighted by Crippen LogP contribution is 2.34. The summed E-state index contributed by atoms with van der Waals surface area (Å²) in [6.45, 7) is 1.84. The number of nitrogens with zero attached hydrogens (tertiary/aromatic N) is 1. The Labute approximate surface area is 118 Å². The molecule has 1 N–H and O–H groups in total. The van der Waals surface area contributed by atoms with Crippen molar-refractivity contribution in [2.45, 2.75) is 13.1 Å². The van der Waals surface area contributed by atoms with Crippen LogP contribution in [0.1, 0.15) is 16.7 Å². The van der Waals surface area contributed by atoms with Gasteiger partial charge in [0.05, 0.1) is 11.1 Å². The maximum Gasteiger partial charge on any atom is 0.417 e. The molecule has 0 radical (unpaired) electrons. The van der Waals surface area contributed by atoms with Crippen molar-refractivity contribution in [3.8, 4) is 17.3 Å². The third kappa shape index (κ3) is 2.73. The summed E-state index contributed by atoms with van der Waals surface area (Å²) in [6, 6.07) is 9.43. The number of benzene rings is 1. The first-order valence-corrected chi connectivity index (χ1v) is 6.05. The molecule has 0 aliphatic carbocycles. The Hall–Kier alpha value is -2.13. The summed E-state index contributed by atoms with van der Waals surface area (Å²) in [4.78, 5) is 2.68. The lowest BCUT2D eigenvalue weighted by Gasteiger charge is -2.11. The molecule has 0 unspecified atom stereocenters. The maximum atomic E-state index is 13.0. The molecule has 0 saturated carbocycles. The fourth-order valence-electron chi connectivity index (χ4n) is 1.86. The molecule has 0 aliphatic rings. The largest absolute Gasteiger partial charge is 0.417 e. The molecule has 0 aliphatic heterocycles. The zero-order chi connectivity index (χ0) is 14.9. The molecule has 2 aromatic rings. The Balaban J connectivity index is 2.73. The molecule has 2 nitrogen and oxygen atoms in total. The van der Waals surface area contributed by atoms with Crippen LogP contribution in [0.5, 0.6) is 0 Å². The molecular weight excluding hydrogens is 285 g/mol. The molecule has 1 aromatic carbocycles. The Kier molecular flexibility index (Phi) is 3.64. The Morgan fingerprint density at radius 1 is 1.25 bits per heavy atom. The van der Waals surface area contributed by atoms with Crippen molar-refractivity contribution in [2.24, 2.45) is 0 Å².